The molecule has 1 amide bonds. The van der Waals surface area contributed by atoms with Crippen molar-refractivity contribution in [1.82, 2.24) is 4.72 Å². The molecule has 0 saturated heterocycles. The van der Waals surface area contributed by atoms with E-state index in [0.29, 0.717) is 0 Å². The molecule has 0 unspecified atom stereocenters. The molecule has 0 saturated carbocycles. The maximum absolute atomic E-state index is 12.4. The molecule has 0 spiro atoms. The number of primary amides is 1. The van der Waals surface area contributed by atoms with Gasteiger partial charge in [-0.1, -0.05) is 30.4 Å². The second-order valence-corrected chi connectivity index (χ2v) is 7.08. The predicted octanol–water partition coefficient (Wildman–Crippen LogP) is 0.253. The Morgan fingerprint density at radius 2 is 1.85 bits per heavy atom. The lowest BCUT2D eigenvalue weighted by Crippen LogP contribution is -2.46. The number of carbonyl (C=O) groups is 1. The topological polar surface area (TPSA) is 115 Å². The molecule has 0 radical (unpaired) electrons. The molecule has 1 aromatic rings. The molecule has 0 aromatic heterocycles. The van der Waals surface area contributed by atoms with Crippen molar-refractivity contribution in [2.24, 2.45) is 11.5 Å². The predicted molar refractivity (Wildman–Crippen MR) is 80.5 cm³/mol. The lowest BCUT2D eigenvalue weighted by atomic mass is 10.0. The fraction of sp³-hybridized carbons (Fsp3) is 0.333. The quantitative estimate of drug-likeness (QED) is 0.651. The number of carbonyl (C=O) groups excluding carboxylic acids is 1. The lowest BCUT2D eigenvalue weighted by molar-refractivity contribution is -0.119. The SMILES string of the molecule is CC(C)(CC(N)=O)NS(=O)(=O)c1ccccc1C(N)=S. The van der Waals surface area contributed by atoms with Gasteiger partial charge in [-0.25, -0.2) is 13.1 Å². The normalized spacial score (nSPS) is 12.1. The van der Waals surface area contributed by atoms with Crippen LogP contribution in [0.3, 0.4) is 0 Å². The molecule has 110 valence electrons. The number of nitrogens with two attached hydrogens (primary N) is 2. The van der Waals surface area contributed by atoms with Gasteiger partial charge in [-0.3, -0.25) is 4.79 Å². The van der Waals surface area contributed by atoms with E-state index in [9.17, 15) is 13.2 Å². The van der Waals surface area contributed by atoms with Gasteiger partial charge in [0.05, 0.1) is 4.90 Å². The van der Waals surface area contributed by atoms with Crippen LogP contribution in [0.25, 0.3) is 0 Å². The number of rotatable bonds is 6. The molecule has 20 heavy (non-hydrogen) atoms. The van der Waals surface area contributed by atoms with Crippen molar-refractivity contribution in [3.05, 3.63) is 29.8 Å². The van der Waals surface area contributed by atoms with Crippen LogP contribution in [0.5, 0.6) is 0 Å². The van der Waals surface area contributed by atoms with Crippen molar-refractivity contribution < 1.29 is 13.2 Å². The number of thiocarbonyl (C=S) groups is 1. The number of benzene rings is 1. The van der Waals surface area contributed by atoms with E-state index in [0.717, 1.165) is 0 Å². The average molecular weight is 315 g/mol. The van der Waals surface area contributed by atoms with Crippen molar-refractivity contribution in [2.45, 2.75) is 30.7 Å². The van der Waals surface area contributed by atoms with E-state index in [1.807, 2.05) is 0 Å². The molecule has 1 aromatic carbocycles. The van der Waals surface area contributed by atoms with Crippen molar-refractivity contribution in [3.63, 3.8) is 0 Å². The Hall–Kier alpha value is -1.51. The molecule has 0 atom stereocenters. The van der Waals surface area contributed by atoms with Crippen LogP contribution in [0.2, 0.25) is 0 Å². The Balaban J connectivity index is 3.19. The van der Waals surface area contributed by atoms with Crippen molar-refractivity contribution in [1.29, 1.82) is 0 Å². The summed E-state index contributed by atoms with van der Waals surface area (Å²) in [6.45, 7) is 3.14. The first-order chi connectivity index (χ1) is 9.05. The maximum atomic E-state index is 12.4. The summed E-state index contributed by atoms with van der Waals surface area (Å²) in [5.74, 6) is -0.597. The Kier molecular flexibility index (Phi) is 4.85. The van der Waals surface area contributed by atoms with E-state index < -0.39 is 21.5 Å². The molecule has 5 N–H and O–H groups in total. The highest BCUT2D eigenvalue weighted by molar-refractivity contribution is 7.89. The minimum atomic E-state index is -3.86. The monoisotopic (exact) mass is 315 g/mol. The Labute approximate surface area is 123 Å². The minimum absolute atomic E-state index is 0.0151. The molecule has 6 nitrogen and oxygen atoms in total. The zero-order chi connectivity index (χ0) is 15.6. The largest absolute Gasteiger partial charge is 0.389 e. The molecule has 8 heteroatoms. The van der Waals surface area contributed by atoms with Crippen molar-refractivity contribution in [2.75, 3.05) is 0 Å². The third kappa shape index (κ3) is 4.26. The minimum Gasteiger partial charge on any atom is -0.389 e. The second-order valence-electron chi connectivity index (χ2n) is 4.99. The molecule has 0 bridgehead atoms. The van der Waals surface area contributed by atoms with Crippen molar-refractivity contribution >= 4 is 33.1 Å². The van der Waals surface area contributed by atoms with E-state index in [2.05, 4.69) is 4.72 Å². The van der Waals surface area contributed by atoms with E-state index in [1.54, 1.807) is 26.0 Å². The summed E-state index contributed by atoms with van der Waals surface area (Å²) in [7, 11) is -3.86. The molecule has 0 aliphatic rings. The lowest BCUT2D eigenvalue weighted by Gasteiger charge is -2.25. The highest BCUT2D eigenvalue weighted by Gasteiger charge is 2.29. The Bertz CT molecular complexity index is 639. The Morgan fingerprint density at radius 3 is 2.35 bits per heavy atom. The van der Waals surface area contributed by atoms with Gasteiger partial charge < -0.3 is 11.5 Å². The van der Waals surface area contributed by atoms with Crippen LogP contribution in [0.4, 0.5) is 0 Å². The summed E-state index contributed by atoms with van der Waals surface area (Å²) in [5.41, 5.74) is 9.87. The average Bonchev–Trinajstić information content (AvgIpc) is 2.25. The summed E-state index contributed by atoms with van der Waals surface area (Å²) < 4.78 is 27.2. The molecule has 0 aliphatic heterocycles. The van der Waals surface area contributed by atoms with Crippen LogP contribution in [0, 0.1) is 0 Å². The van der Waals surface area contributed by atoms with Gasteiger partial charge in [0.2, 0.25) is 15.9 Å². The first kappa shape index (κ1) is 16.5. The van der Waals surface area contributed by atoms with Gasteiger partial charge in [0.15, 0.2) is 0 Å². The first-order valence-corrected chi connectivity index (χ1v) is 7.65. The summed E-state index contributed by atoms with van der Waals surface area (Å²) in [6.07, 6.45) is -0.124. The Morgan fingerprint density at radius 1 is 1.30 bits per heavy atom. The number of amides is 1. The number of hydrogen-bond acceptors (Lipinski definition) is 4. The molecular formula is C12H17N3O3S2. The summed E-state index contributed by atoms with van der Waals surface area (Å²) >= 11 is 4.84. The van der Waals surface area contributed by atoms with Gasteiger partial charge in [-0.2, -0.15) is 0 Å². The van der Waals surface area contributed by atoms with Crippen molar-refractivity contribution in [3.8, 4) is 0 Å². The maximum Gasteiger partial charge on any atom is 0.241 e. The van der Waals surface area contributed by atoms with Gasteiger partial charge in [-0.05, 0) is 19.9 Å². The fourth-order valence-electron chi connectivity index (χ4n) is 1.79. The third-order valence-corrected chi connectivity index (χ3v) is 4.45. The summed E-state index contributed by atoms with van der Waals surface area (Å²) in [5, 5.41) is 0. The zero-order valence-corrected chi connectivity index (χ0v) is 12.8. The molecule has 0 aliphatic carbocycles. The van der Waals surface area contributed by atoms with Crippen LogP contribution < -0.4 is 16.2 Å². The van der Waals surface area contributed by atoms with Crippen LogP contribution in [-0.4, -0.2) is 24.9 Å². The number of nitrogens with one attached hydrogen (secondary N) is 1. The molecular weight excluding hydrogens is 298 g/mol. The van der Waals surface area contributed by atoms with Gasteiger partial charge in [0.1, 0.15) is 4.99 Å². The third-order valence-electron chi connectivity index (χ3n) is 2.47. The molecule has 0 fully saturated rings. The van der Waals surface area contributed by atoms with E-state index in [-0.39, 0.29) is 21.9 Å². The standard InChI is InChI=1S/C12H17N3O3S2/c1-12(2,7-10(13)16)15-20(17,18)9-6-4-3-5-8(9)11(14)19/h3-6,15H,7H2,1-2H3,(H2,13,16)(H2,14,19). The molecule has 1 rings (SSSR count). The van der Waals surface area contributed by atoms with Crippen LogP contribution in [-0.2, 0) is 14.8 Å². The molecule has 0 heterocycles. The van der Waals surface area contributed by atoms with Gasteiger partial charge >= 0.3 is 0 Å². The van der Waals surface area contributed by atoms with Gasteiger partial charge in [0.25, 0.3) is 0 Å². The van der Waals surface area contributed by atoms with E-state index >= 15 is 0 Å². The highest BCUT2D eigenvalue weighted by atomic mass is 32.2. The number of sulfonamides is 1. The fourth-order valence-corrected chi connectivity index (χ4v) is 3.67. The van der Waals surface area contributed by atoms with Gasteiger partial charge in [0, 0.05) is 17.5 Å². The van der Waals surface area contributed by atoms with E-state index in [4.69, 9.17) is 23.7 Å². The second kappa shape index (κ2) is 5.86. The first-order valence-electron chi connectivity index (χ1n) is 5.76. The van der Waals surface area contributed by atoms with Crippen LogP contribution in [0.1, 0.15) is 25.8 Å². The van der Waals surface area contributed by atoms with Crippen LogP contribution >= 0.6 is 12.2 Å². The highest BCUT2D eigenvalue weighted by Crippen LogP contribution is 2.19. The van der Waals surface area contributed by atoms with Crippen LogP contribution in [0.15, 0.2) is 29.2 Å². The van der Waals surface area contributed by atoms with E-state index in [1.165, 1.54) is 12.1 Å². The zero-order valence-electron chi connectivity index (χ0n) is 11.2. The smallest absolute Gasteiger partial charge is 0.241 e. The van der Waals surface area contributed by atoms with Gasteiger partial charge in [-0.15, -0.1) is 0 Å². The summed E-state index contributed by atoms with van der Waals surface area (Å²) in [4.78, 5) is 10.9. The number of hydrogen-bond donors (Lipinski definition) is 3. The summed E-state index contributed by atoms with van der Waals surface area (Å²) in [6, 6.07) is 6.13.